The molecule has 6 heteroatoms. The van der Waals surface area contributed by atoms with Crippen LogP contribution in [-0.4, -0.2) is 27.6 Å². The fraction of sp³-hybridized carbons (Fsp3) is 0.167. The van der Waals surface area contributed by atoms with Crippen LogP contribution in [0.2, 0.25) is 0 Å². The fourth-order valence-electron chi connectivity index (χ4n) is 2.56. The summed E-state index contributed by atoms with van der Waals surface area (Å²) < 4.78 is 6.65. The lowest BCUT2D eigenvalue weighted by Crippen LogP contribution is -2.19. The monoisotopic (exact) mass is 322 g/mol. The molecule has 0 fully saturated rings. The molecular weight excluding hydrogens is 304 g/mol. The molecule has 0 saturated heterocycles. The van der Waals surface area contributed by atoms with Gasteiger partial charge in [-0.25, -0.2) is 4.68 Å². The smallest absolute Gasteiger partial charge is 0.280 e. The second-order valence-corrected chi connectivity index (χ2v) is 5.36. The molecule has 0 atom stereocenters. The van der Waals surface area contributed by atoms with Crippen LogP contribution in [0.3, 0.4) is 0 Å². The maximum atomic E-state index is 12.8. The zero-order valence-corrected chi connectivity index (χ0v) is 13.8. The van der Waals surface area contributed by atoms with Crippen molar-refractivity contribution in [1.29, 1.82) is 0 Å². The average Bonchev–Trinajstić information content (AvgIpc) is 2.90. The molecule has 0 radical (unpaired) electrons. The molecule has 2 aromatic heterocycles. The van der Waals surface area contributed by atoms with Crippen molar-refractivity contribution >= 4 is 11.4 Å². The van der Waals surface area contributed by atoms with E-state index in [1.807, 2.05) is 50.2 Å². The molecule has 6 nitrogen and oxygen atoms in total. The normalized spacial score (nSPS) is 11.5. The predicted molar refractivity (Wildman–Crippen MR) is 93.8 cm³/mol. The number of rotatable bonds is 4. The van der Waals surface area contributed by atoms with Crippen LogP contribution in [0, 0.1) is 6.92 Å². The third kappa shape index (κ3) is 2.99. The Bertz CT molecular complexity index is 922. The van der Waals surface area contributed by atoms with E-state index in [1.165, 1.54) is 4.68 Å². The summed E-state index contributed by atoms with van der Waals surface area (Å²) in [7, 11) is 1.61. The molecule has 0 unspecified atom stereocenters. The van der Waals surface area contributed by atoms with E-state index in [9.17, 15) is 4.79 Å². The fourth-order valence-corrected chi connectivity index (χ4v) is 2.56. The van der Waals surface area contributed by atoms with Crippen LogP contribution >= 0.6 is 0 Å². The minimum absolute atomic E-state index is 0.136. The van der Waals surface area contributed by atoms with Crippen molar-refractivity contribution in [2.45, 2.75) is 13.8 Å². The Kier molecular flexibility index (Phi) is 4.29. The van der Waals surface area contributed by atoms with Gasteiger partial charge in [-0.1, -0.05) is 0 Å². The van der Waals surface area contributed by atoms with Crippen LogP contribution in [0.25, 0.3) is 5.69 Å². The number of nitrogens with one attached hydrogen (secondary N) is 1. The summed E-state index contributed by atoms with van der Waals surface area (Å²) in [5.41, 5.74) is 3.29. The topological polar surface area (TPSA) is 72.3 Å². The molecule has 0 aliphatic rings. The van der Waals surface area contributed by atoms with E-state index >= 15 is 0 Å². The van der Waals surface area contributed by atoms with Gasteiger partial charge in [-0.05, 0) is 50.2 Å². The molecule has 0 aliphatic carbocycles. The van der Waals surface area contributed by atoms with Crippen LogP contribution in [-0.2, 0) is 0 Å². The van der Waals surface area contributed by atoms with Gasteiger partial charge in [0.25, 0.3) is 5.56 Å². The Morgan fingerprint density at radius 1 is 1.25 bits per heavy atom. The first-order chi connectivity index (χ1) is 11.6. The van der Waals surface area contributed by atoms with Gasteiger partial charge in [-0.15, -0.1) is 0 Å². The lowest BCUT2D eigenvalue weighted by molar-refractivity contribution is 0.414. The number of pyridine rings is 1. The van der Waals surface area contributed by atoms with Gasteiger partial charge < -0.3 is 4.74 Å². The van der Waals surface area contributed by atoms with Gasteiger partial charge in [0, 0.05) is 11.9 Å². The van der Waals surface area contributed by atoms with Gasteiger partial charge in [0.1, 0.15) is 5.75 Å². The maximum Gasteiger partial charge on any atom is 0.280 e. The largest absolute Gasteiger partial charge is 0.497 e. The first kappa shape index (κ1) is 15.7. The maximum absolute atomic E-state index is 12.8. The van der Waals surface area contributed by atoms with E-state index in [0.29, 0.717) is 17.0 Å². The summed E-state index contributed by atoms with van der Waals surface area (Å²) in [4.78, 5) is 21.3. The summed E-state index contributed by atoms with van der Waals surface area (Å²) in [6, 6.07) is 10.9. The minimum atomic E-state index is -0.136. The molecule has 1 N–H and O–H groups in total. The van der Waals surface area contributed by atoms with E-state index in [1.54, 1.807) is 19.5 Å². The Morgan fingerprint density at radius 3 is 2.62 bits per heavy atom. The van der Waals surface area contributed by atoms with Crippen molar-refractivity contribution in [2.75, 3.05) is 7.11 Å². The molecule has 0 bridgehead atoms. The lowest BCUT2D eigenvalue weighted by atomic mass is 10.2. The van der Waals surface area contributed by atoms with Crippen molar-refractivity contribution in [3.05, 3.63) is 70.4 Å². The highest BCUT2D eigenvalue weighted by molar-refractivity contribution is 6.00. The summed E-state index contributed by atoms with van der Waals surface area (Å²) in [6.07, 6.45) is 3.35. The third-order valence-corrected chi connectivity index (χ3v) is 3.71. The standard InChI is InChI=1S/C18H18N4O2/c1-12(20-14-5-4-10-19-11-14)17-13(2)21-22(18(17)23)15-6-8-16(24-3)9-7-15/h4-11,21H,1-3H3. The molecule has 0 spiro atoms. The zero-order chi connectivity index (χ0) is 17.1. The van der Waals surface area contributed by atoms with Crippen molar-refractivity contribution in [3.8, 4) is 11.4 Å². The number of aromatic amines is 1. The highest BCUT2D eigenvalue weighted by Gasteiger charge is 2.15. The SMILES string of the molecule is COc1ccc(-n2[nH]c(C)c(C(C)=Nc3cccnc3)c2=O)cc1. The van der Waals surface area contributed by atoms with E-state index in [0.717, 1.165) is 17.1 Å². The highest BCUT2D eigenvalue weighted by atomic mass is 16.5. The van der Waals surface area contributed by atoms with Gasteiger partial charge in [-0.2, -0.15) is 0 Å². The summed E-state index contributed by atoms with van der Waals surface area (Å²) in [6.45, 7) is 3.68. The number of H-pyrrole nitrogens is 1. The first-order valence-electron chi connectivity index (χ1n) is 7.52. The molecule has 122 valence electrons. The first-order valence-corrected chi connectivity index (χ1v) is 7.52. The van der Waals surface area contributed by atoms with Crippen LogP contribution in [0.1, 0.15) is 18.2 Å². The van der Waals surface area contributed by atoms with E-state index < -0.39 is 0 Å². The van der Waals surface area contributed by atoms with Gasteiger partial charge >= 0.3 is 0 Å². The van der Waals surface area contributed by atoms with Crippen molar-refractivity contribution in [2.24, 2.45) is 4.99 Å². The molecule has 0 amide bonds. The van der Waals surface area contributed by atoms with Crippen LogP contribution in [0.15, 0.2) is 58.6 Å². The molecular formula is C18H18N4O2. The molecule has 24 heavy (non-hydrogen) atoms. The van der Waals surface area contributed by atoms with Crippen LogP contribution < -0.4 is 10.3 Å². The Balaban J connectivity index is 2.03. The van der Waals surface area contributed by atoms with E-state index in [2.05, 4.69) is 15.1 Å². The number of benzene rings is 1. The van der Waals surface area contributed by atoms with Gasteiger partial charge in [0.15, 0.2) is 0 Å². The second-order valence-electron chi connectivity index (χ2n) is 5.36. The molecule has 2 heterocycles. The zero-order valence-electron chi connectivity index (χ0n) is 13.8. The van der Waals surface area contributed by atoms with E-state index in [4.69, 9.17) is 4.74 Å². The molecule has 1 aromatic carbocycles. The number of aryl methyl sites for hydroxylation is 1. The number of aliphatic imine (C=N–C) groups is 1. The summed E-state index contributed by atoms with van der Waals surface area (Å²) >= 11 is 0. The Labute approximate surface area is 139 Å². The molecule has 0 aliphatic heterocycles. The Hall–Kier alpha value is -3.15. The van der Waals surface area contributed by atoms with E-state index in [-0.39, 0.29) is 5.56 Å². The van der Waals surface area contributed by atoms with Crippen LogP contribution in [0.5, 0.6) is 5.75 Å². The quantitative estimate of drug-likeness (QED) is 0.750. The number of hydrogen-bond acceptors (Lipinski definition) is 4. The Morgan fingerprint density at radius 2 is 2.00 bits per heavy atom. The lowest BCUT2D eigenvalue weighted by Gasteiger charge is -2.03. The minimum Gasteiger partial charge on any atom is -0.497 e. The van der Waals surface area contributed by atoms with Crippen molar-refractivity contribution in [3.63, 3.8) is 0 Å². The summed E-state index contributed by atoms with van der Waals surface area (Å²) in [5.74, 6) is 0.740. The number of aromatic nitrogens is 3. The number of methoxy groups -OCH3 is 1. The number of hydrogen-bond donors (Lipinski definition) is 1. The van der Waals surface area contributed by atoms with Gasteiger partial charge in [-0.3, -0.25) is 19.9 Å². The molecule has 3 rings (SSSR count). The number of ether oxygens (including phenoxy) is 1. The predicted octanol–water partition coefficient (Wildman–Crippen LogP) is 3.02. The highest BCUT2D eigenvalue weighted by Crippen LogP contribution is 2.15. The molecule has 3 aromatic rings. The van der Waals surface area contributed by atoms with Gasteiger partial charge in [0.2, 0.25) is 0 Å². The van der Waals surface area contributed by atoms with Crippen molar-refractivity contribution < 1.29 is 4.74 Å². The second kappa shape index (κ2) is 6.54. The number of nitrogens with zero attached hydrogens (tertiary/aromatic N) is 3. The molecule has 0 saturated carbocycles. The average molecular weight is 322 g/mol. The van der Waals surface area contributed by atoms with Crippen molar-refractivity contribution in [1.82, 2.24) is 14.8 Å². The third-order valence-electron chi connectivity index (χ3n) is 3.71. The van der Waals surface area contributed by atoms with Gasteiger partial charge in [0.05, 0.1) is 36.0 Å². The summed E-state index contributed by atoms with van der Waals surface area (Å²) in [5, 5.41) is 3.10. The van der Waals surface area contributed by atoms with Crippen LogP contribution in [0.4, 0.5) is 5.69 Å².